The highest BCUT2D eigenvalue weighted by atomic mass is 16.6. The van der Waals surface area contributed by atoms with Crippen LogP contribution in [0.1, 0.15) is 31.7 Å². The van der Waals surface area contributed by atoms with Crippen molar-refractivity contribution in [3.05, 3.63) is 70.0 Å². The molecule has 0 fully saturated rings. The summed E-state index contributed by atoms with van der Waals surface area (Å²) < 4.78 is 0. The molecule has 0 radical (unpaired) electrons. The van der Waals surface area contributed by atoms with Crippen molar-refractivity contribution < 1.29 is 4.92 Å². The van der Waals surface area contributed by atoms with Crippen LogP contribution in [0.3, 0.4) is 0 Å². The molecule has 0 spiro atoms. The van der Waals surface area contributed by atoms with Gasteiger partial charge in [0, 0.05) is 24.1 Å². The maximum Gasteiger partial charge on any atom is 0.269 e. The van der Waals surface area contributed by atoms with Gasteiger partial charge < -0.3 is 10.2 Å². The molecular weight excluding hydrogens is 378 g/mol. The number of nitro benzene ring substituents is 1. The molecule has 0 saturated heterocycles. The Hall–Kier alpha value is -3.32. The number of fused-ring (bicyclic) bond motifs is 1. The second-order valence-corrected chi connectivity index (χ2v) is 6.94. The van der Waals surface area contributed by atoms with E-state index in [2.05, 4.69) is 34.0 Å². The molecule has 0 atom stereocenters. The number of aromatic nitrogens is 2. The van der Waals surface area contributed by atoms with Crippen molar-refractivity contribution in [2.75, 3.05) is 31.5 Å². The smallest absolute Gasteiger partial charge is 0.269 e. The maximum absolute atomic E-state index is 10.8. The van der Waals surface area contributed by atoms with E-state index in [0.717, 1.165) is 54.9 Å². The lowest BCUT2D eigenvalue weighted by Crippen LogP contribution is -2.25. The highest BCUT2D eigenvalue weighted by Crippen LogP contribution is 2.21. The molecule has 0 saturated carbocycles. The van der Waals surface area contributed by atoms with Crippen molar-refractivity contribution in [3.63, 3.8) is 0 Å². The van der Waals surface area contributed by atoms with E-state index in [1.807, 2.05) is 36.4 Å². The molecular formula is C23H27N5O2. The van der Waals surface area contributed by atoms with Crippen molar-refractivity contribution in [2.45, 2.75) is 20.3 Å². The number of nitrogens with one attached hydrogen (secondary N) is 1. The Morgan fingerprint density at radius 3 is 2.47 bits per heavy atom. The van der Waals surface area contributed by atoms with Crippen molar-refractivity contribution in [3.8, 4) is 0 Å². The summed E-state index contributed by atoms with van der Waals surface area (Å²) in [4.78, 5) is 22.1. The van der Waals surface area contributed by atoms with Gasteiger partial charge in [-0.3, -0.25) is 10.1 Å². The van der Waals surface area contributed by atoms with Crippen LogP contribution in [0.25, 0.3) is 23.1 Å². The number of non-ortho nitro benzene ring substituents is 1. The first kappa shape index (κ1) is 21.4. The summed E-state index contributed by atoms with van der Waals surface area (Å²) in [5, 5.41) is 15.2. The highest BCUT2D eigenvalue weighted by molar-refractivity contribution is 5.90. The van der Waals surface area contributed by atoms with Crippen LogP contribution in [0.5, 0.6) is 0 Å². The first-order valence-electron chi connectivity index (χ1n) is 10.3. The number of hydrogen-bond donors (Lipinski definition) is 1. The molecule has 0 bridgehead atoms. The minimum absolute atomic E-state index is 0.0744. The second-order valence-electron chi connectivity index (χ2n) is 6.94. The molecule has 1 N–H and O–H groups in total. The summed E-state index contributed by atoms with van der Waals surface area (Å²) in [5.74, 6) is 1.42. The minimum Gasteiger partial charge on any atom is -0.369 e. The molecule has 0 aliphatic heterocycles. The van der Waals surface area contributed by atoms with E-state index < -0.39 is 4.92 Å². The van der Waals surface area contributed by atoms with Crippen molar-refractivity contribution in [1.82, 2.24) is 14.9 Å². The third-order valence-electron chi connectivity index (χ3n) is 4.99. The SMILES string of the molecule is CCN(CC)CCCNc1nc(/C=C/c2ccc([N+](=O)[O-])cc2)nc2ccccc12. The Balaban J connectivity index is 1.76. The first-order chi connectivity index (χ1) is 14.6. The van der Waals surface area contributed by atoms with E-state index in [9.17, 15) is 10.1 Å². The van der Waals surface area contributed by atoms with Crippen LogP contribution in [0.4, 0.5) is 11.5 Å². The van der Waals surface area contributed by atoms with Crippen LogP contribution in [0, 0.1) is 10.1 Å². The average Bonchev–Trinajstić information content (AvgIpc) is 2.78. The van der Waals surface area contributed by atoms with Crippen molar-refractivity contribution in [2.24, 2.45) is 0 Å². The molecule has 3 rings (SSSR count). The fourth-order valence-electron chi connectivity index (χ4n) is 3.23. The zero-order valence-corrected chi connectivity index (χ0v) is 17.4. The molecule has 2 aromatic carbocycles. The zero-order chi connectivity index (χ0) is 21.3. The molecule has 7 heteroatoms. The number of nitrogens with zero attached hydrogens (tertiary/aromatic N) is 4. The Morgan fingerprint density at radius 1 is 1.03 bits per heavy atom. The predicted octanol–water partition coefficient (Wildman–Crippen LogP) is 4.85. The summed E-state index contributed by atoms with van der Waals surface area (Å²) in [6, 6.07) is 14.3. The lowest BCUT2D eigenvalue weighted by atomic mass is 10.2. The number of rotatable bonds is 10. The Bertz CT molecular complexity index is 1010. The third kappa shape index (κ3) is 5.61. The topological polar surface area (TPSA) is 84.2 Å². The zero-order valence-electron chi connectivity index (χ0n) is 17.4. The summed E-state index contributed by atoms with van der Waals surface area (Å²) in [6.45, 7) is 8.37. The van der Waals surface area contributed by atoms with Gasteiger partial charge in [-0.05, 0) is 62.0 Å². The van der Waals surface area contributed by atoms with Gasteiger partial charge in [0.25, 0.3) is 5.69 Å². The van der Waals surface area contributed by atoms with E-state index in [0.29, 0.717) is 5.82 Å². The number of nitro groups is 1. The number of para-hydroxylation sites is 1. The predicted molar refractivity (Wildman–Crippen MR) is 122 cm³/mol. The largest absolute Gasteiger partial charge is 0.369 e. The van der Waals surface area contributed by atoms with E-state index in [1.165, 1.54) is 12.1 Å². The maximum atomic E-state index is 10.8. The number of hydrogen-bond acceptors (Lipinski definition) is 6. The summed E-state index contributed by atoms with van der Waals surface area (Å²) in [5.41, 5.74) is 1.80. The van der Waals surface area contributed by atoms with Gasteiger partial charge in [-0.1, -0.05) is 32.1 Å². The van der Waals surface area contributed by atoms with Gasteiger partial charge in [0.15, 0.2) is 5.82 Å². The van der Waals surface area contributed by atoms with Crippen LogP contribution in [-0.4, -0.2) is 46.0 Å². The van der Waals surface area contributed by atoms with E-state index in [4.69, 9.17) is 0 Å². The molecule has 0 unspecified atom stereocenters. The third-order valence-corrected chi connectivity index (χ3v) is 4.99. The van der Waals surface area contributed by atoms with Crippen molar-refractivity contribution in [1.29, 1.82) is 0 Å². The standard InChI is InChI=1S/C23H27N5O2/c1-3-27(4-2)17-7-16-24-23-20-8-5-6-9-21(20)25-22(26-23)15-12-18-10-13-19(14-11-18)28(29)30/h5-6,8-15H,3-4,7,16-17H2,1-2H3,(H,24,25,26)/b15-12+. The average molecular weight is 406 g/mol. The molecule has 1 aromatic heterocycles. The minimum atomic E-state index is -0.405. The van der Waals surface area contributed by atoms with Gasteiger partial charge in [0.2, 0.25) is 0 Å². The molecule has 156 valence electrons. The van der Waals surface area contributed by atoms with Crippen molar-refractivity contribution >= 4 is 34.6 Å². The lowest BCUT2D eigenvalue weighted by Gasteiger charge is -2.18. The van der Waals surface area contributed by atoms with E-state index in [1.54, 1.807) is 12.1 Å². The molecule has 0 amide bonds. The lowest BCUT2D eigenvalue weighted by molar-refractivity contribution is -0.384. The van der Waals surface area contributed by atoms with Gasteiger partial charge in [-0.2, -0.15) is 0 Å². The molecule has 30 heavy (non-hydrogen) atoms. The highest BCUT2D eigenvalue weighted by Gasteiger charge is 2.07. The van der Waals surface area contributed by atoms with Gasteiger partial charge in [0.05, 0.1) is 10.4 Å². The fourth-order valence-corrected chi connectivity index (χ4v) is 3.23. The van der Waals surface area contributed by atoms with Gasteiger partial charge in [-0.25, -0.2) is 9.97 Å². The Kier molecular flexibility index (Phi) is 7.45. The first-order valence-corrected chi connectivity index (χ1v) is 10.3. The molecule has 3 aromatic rings. The summed E-state index contributed by atoms with van der Waals surface area (Å²) in [6.07, 6.45) is 4.72. The van der Waals surface area contributed by atoms with Crippen LogP contribution in [-0.2, 0) is 0 Å². The van der Waals surface area contributed by atoms with E-state index >= 15 is 0 Å². The number of benzene rings is 2. The van der Waals surface area contributed by atoms with Crippen LogP contribution < -0.4 is 5.32 Å². The van der Waals surface area contributed by atoms with E-state index in [-0.39, 0.29) is 5.69 Å². The molecule has 1 heterocycles. The Labute approximate surface area is 176 Å². The van der Waals surface area contributed by atoms with Crippen LogP contribution >= 0.6 is 0 Å². The van der Waals surface area contributed by atoms with Gasteiger partial charge in [-0.15, -0.1) is 0 Å². The molecule has 0 aliphatic carbocycles. The van der Waals surface area contributed by atoms with Crippen LogP contribution in [0.15, 0.2) is 48.5 Å². The molecule has 7 nitrogen and oxygen atoms in total. The summed E-state index contributed by atoms with van der Waals surface area (Å²) in [7, 11) is 0. The Morgan fingerprint density at radius 2 is 1.77 bits per heavy atom. The fraction of sp³-hybridized carbons (Fsp3) is 0.304. The van der Waals surface area contributed by atoms with Gasteiger partial charge in [0.1, 0.15) is 5.82 Å². The number of anilines is 1. The quantitative estimate of drug-likeness (QED) is 0.295. The summed E-state index contributed by atoms with van der Waals surface area (Å²) >= 11 is 0. The normalized spacial score (nSPS) is 11.4. The molecule has 0 aliphatic rings. The van der Waals surface area contributed by atoms with Gasteiger partial charge >= 0.3 is 0 Å². The van der Waals surface area contributed by atoms with Crippen LogP contribution in [0.2, 0.25) is 0 Å². The second kappa shape index (κ2) is 10.5. The monoisotopic (exact) mass is 405 g/mol.